The first-order chi connectivity index (χ1) is 10.2. The van der Waals surface area contributed by atoms with Gasteiger partial charge in [0, 0.05) is 23.7 Å². The van der Waals surface area contributed by atoms with Gasteiger partial charge in [-0.1, -0.05) is 0 Å². The molecule has 0 aromatic heterocycles. The molecule has 112 valence electrons. The third kappa shape index (κ3) is 6.79. The fraction of sp³-hybridized carbons (Fsp3) is 0.357. The van der Waals surface area contributed by atoms with E-state index in [4.69, 9.17) is 10.4 Å². The lowest BCUT2D eigenvalue weighted by molar-refractivity contribution is -0.136. The number of unbranched alkanes of at least 4 members (excludes halogenated alkanes) is 2. The van der Waals surface area contributed by atoms with Crippen LogP contribution in [0.3, 0.4) is 0 Å². The smallest absolute Gasteiger partial charge is 0.313 e. The predicted octanol–water partition coefficient (Wildman–Crippen LogP) is 1.48. The molecule has 0 spiro atoms. The topological polar surface area (TPSA) is 102 Å². The minimum atomic E-state index is -0.724. The number of nitrogens with zero attached hydrogens (tertiary/aromatic N) is 1. The molecule has 1 rings (SSSR count). The first-order valence-electron chi connectivity index (χ1n) is 6.53. The molecule has 3 N–H and O–H groups in total. The molecule has 2 amide bonds. The number of aliphatic hydroxyl groups excluding tert-OH is 1. The Morgan fingerprint density at radius 1 is 1.14 bits per heavy atom. The molecule has 6 nitrogen and oxygen atoms in total. The van der Waals surface area contributed by atoms with Crippen LogP contribution >= 0.6 is 11.8 Å². The Balaban J connectivity index is 2.34. The Bertz CT molecular complexity index is 511. The van der Waals surface area contributed by atoms with Gasteiger partial charge in [0.15, 0.2) is 0 Å². The fourth-order valence-electron chi connectivity index (χ4n) is 1.54. The number of hydrogen-bond acceptors (Lipinski definition) is 5. The fourth-order valence-corrected chi connectivity index (χ4v) is 1.92. The molecule has 0 atom stereocenters. The Hall–Kier alpha value is -2.04. The Morgan fingerprint density at radius 2 is 1.86 bits per heavy atom. The molecule has 0 aliphatic heterocycles. The second-order valence-corrected chi connectivity index (χ2v) is 5.07. The van der Waals surface area contributed by atoms with Gasteiger partial charge in [-0.3, -0.25) is 9.59 Å². The summed E-state index contributed by atoms with van der Waals surface area (Å²) < 4.78 is 0. The normalized spacial score (nSPS) is 9.71. The molecule has 1 aromatic carbocycles. The molecule has 0 fully saturated rings. The third-order valence-corrected chi connectivity index (χ3v) is 3.20. The second kappa shape index (κ2) is 9.80. The third-order valence-electron chi connectivity index (χ3n) is 2.60. The molecule has 7 heteroatoms. The number of thiocyanates is 1. The highest BCUT2D eigenvalue weighted by Crippen LogP contribution is 2.18. The second-order valence-electron chi connectivity index (χ2n) is 4.21. The monoisotopic (exact) mass is 307 g/mol. The summed E-state index contributed by atoms with van der Waals surface area (Å²) in [5.74, 6) is -1.41. The lowest BCUT2D eigenvalue weighted by Gasteiger charge is -2.06. The van der Waals surface area contributed by atoms with E-state index < -0.39 is 11.8 Å². The number of nitriles is 1. The molecule has 0 radical (unpaired) electrons. The molecule has 0 bridgehead atoms. The number of nitrogens with one attached hydrogen (secondary N) is 2. The molecular weight excluding hydrogens is 290 g/mol. The number of hydrogen-bond donors (Lipinski definition) is 3. The summed E-state index contributed by atoms with van der Waals surface area (Å²) in [5, 5.41) is 24.1. The average molecular weight is 307 g/mol. The maximum absolute atomic E-state index is 11.6. The average Bonchev–Trinajstić information content (AvgIpc) is 2.49. The molecule has 0 saturated heterocycles. The lowest BCUT2D eigenvalue weighted by Crippen LogP contribution is -2.35. The SMILES string of the molecule is N#CSc1ccc(NC(=O)C(=O)NCCCCCO)cc1. The Kier molecular flexibility index (Phi) is 7.94. The summed E-state index contributed by atoms with van der Waals surface area (Å²) in [7, 11) is 0. The summed E-state index contributed by atoms with van der Waals surface area (Å²) in [6.07, 6.45) is 2.21. The van der Waals surface area contributed by atoms with Gasteiger partial charge < -0.3 is 15.7 Å². The lowest BCUT2D eigenvalue weighted by atomic mass is 10.2. The van der Waals surface area contributed by atoms with Gasteiger partial charge in [-0.05, 0) is 55.3 Å². The number of rotatable bonds is 7. The van der Waals surface area contributed by atoms with E-state index in [0.29, 0.717) is 18.7 Å². The van der Waals surface area contributed by atoms with E-state index in [-0.39, 0.29) is 6.61 Å². The van der Waals surface area contributed by atoms with Gasteiger partial charge in [0.2, 0.25) is 0 Å². The van der Waals surface area contributed by atoms with E-state index in [1.54, 1.807) is 24.3 Å². The number of aliphatic hydroxyl groups is 1. The summed E-state index contributed by atoms with van der Waals surface area (Å²) in [4.78, 5) is 23.9. The number of benzene rings is 1. The highest BCUT2D eigenvalue weighted by Gasteiger charge is 2.12. The van der Waals surface area contributed by atoms with Crippen LogP contribution in [0.2, 0.25) is 0 Å². The van der Waals surface area contributed by atoms with Gasteiger partial charge >= 0.3 is 11.8 Å². The largest absolute Gasteiger partial charge is 0.396 e. The minimum absolute atomic E-state index is 0.133. The zero-order chi connectivity index (χ0) is 15.5. The first-order valence-corrected chi connectivity index (χ1v) is 7.35. The van der Waals surface area contributed by atoms with Crippen molar-refractivity contribution in [1.82, 2.24) is 5.32 Å². The molecule has 0 aliphatic rings. The van der Waals surface area contributed by atoms with Gasteiger partial charge in [0.25, 0.3) is 0 Å². The molecular formula is C14H17N3O3S. The van der Waals surface area contributed by atoms with Crippen molar-refractivity contribution in [3.8, 4) is 5.40 Å². The van der Waals surface area contributed by atoms with Crippen LogP contribution in [-0.4, -0.2) is 30.1 Å². The molecule has 0 saturated carbocycles. The van der Waals surface area contributed by atoms with Crippen LogP contribution < -0.4 is 10.6 Å². The number of amides is 2. The number of carbonyl (C=O) groups is 2. The number of carbonyl (C=O) groups excluding carboxylic acids is 2. The Labute approximate surface area is 127 Å². The van der Waals surface area contributed by atoms with Crippen LogP contribution in [0.5, 0.6) is 0 Å². The van der Waals surface area contributed by atoms with Crippen LogP contribution in [0, 0.1) is 10.7 Å². The van der Waals surface area contributed by atoms with Crippen LogP contribution in [0.15, 0.2) is 29.2 Å². The van der Waals surface area contributed by atoms with E-state index >= 15 is 0 Å². The van der Waals surface area contributed by atoms with Gasteiger partial charge in [0.1, 0.15) is 5.40 Å². The highest BCUT2D eigenvalue weighted by atomic mass is 32.2. The van der Waals surface area contributed by atoms with E-state index in [2.05, 4.69) is 10.6 Å². The van der Waals surface area contributed by atoms with Crippen LogP contribution in [0.4, 0.5) is 5.69 Å². The number of anilines is 1. The van der Waals surface area contributed by atoms with E-state index in [0.717, 1.165) is 29.5 Å². The van der Waals surface area contributed by atoms with Crippen LogP contribution in [0.1, 0.15) is 19.3 Å². The molecule has 0 heterocycles. The minimum Gasteiger partial charge on any atom is -0.396 e. The van der Waals surface area contributed by atoms with Gasteiger partial charge in [-0.15, -0.1) is 0 Å². The Morgan fingerprint density at radius 3 is 2.48 bits per heavy atom. The summed E-state index contributed by atoms with van der Waals surface area (Å²) in [6, 6.07) is 6.64. The predicted molar refractivity (Wildman–Crippen MR) is 80.5 cm³/mol. The van der Waals surface area contributed by atoms with Crippen LogP contribution in [0.25, 0.3) is 0 Å². The van der Waals surface area contributed by atoms with Crippen LogP contribution in [-0.2, 0) is 9.59 Å². The molecule has 1 aromatic rings. The van der Waals surface area contributed by atoms with Crippen molar-refractivity contribution < 1.29 is 14.7 Å². The quantitative estimate of drug-likeness (QED) is 0.306. The first kappa shape index (κ1) is 17.0. The van der Waals surface area contributed by atoms with Crippen molar-refractivity contribution >= 4 is 29.3 Å². The molecule has 21 heavy (non-hydrogen) atoms. The summed E-state index contributed by atoms with van der Waals surface area (Å²) >= 11 is 1.02. The van der Waals surface area contributed by atoms with Gasteiger partial charge in [-0.25, -0.2) is 0 Å². The number of thioether (sulfide) groups is 1. The maximum atomic E-state index is 11.6. The van der Waals surface area contributed by atoms with E-state index in [1.165, 1.54) is 0 Å². The maximum Gasteiger partial charge on any atom is 0.313 e. The van der Waals surface area contributed by atoms with Crippen molar-refractivity contribution in [2.24, 2.45) is 0 Å². The van der Waals surface area contributed by atoms with Gasteiger partial charge in [0.05, 0.1) is 0 Å². The van der Waals surface area contributed by atoms with Crippen molar-refractivity contribution in [3.63, 3.8) is 0 Å². The highest BCUT2D eigenvalue weighted by molar-refractivity contribution is 8.03. The standard InChI is InChI=1S/C14H17N3O3S/c15-10-21-12-6-4-11(5-7-12)17-14(20)13(19)16-8-2-1-3-9-18/h4-7,18H,1-3,8-9H2,(H,16,19)(H,17,20). The summed E-state index contributed by atoms with van der Waals surface area (Å²) in [6.45, 7) is 0.540. The van der Waals surface area contributed by atoms with Crippen molar-refractivity contribution in [3.05, 3.63) is 24.3 Å². The van der Waals surface area contributed by atoms with Crippen molar-refractivity contribution in [2.75, 3.05) is 18.5 Å². The zero-order valence-electron chi connectivity index (χ0n) is 11.5. The van der Waals surface area contributed by atoms with Crippen molar-refractivity contribution in [1.29, 1.82) is 5.26 Å². The zero-order valence-corrected chi connectivity index (χ0v) is 12.3. The molecule has 0 unspecified atom stereocenters. The van der Waals surface area contributed by atoms with E-state index in [9.17, 15) is 9.59 Å². The van der Waals surface area contributed by atoms with Gasteiger partial charge in [-0.2, -0.15) is 5.26 Å². The van der Waals surface area contributed by atoms with E-state index in [1.807, 2.05) is 5.40 Å². The van der Waals surface area contributed by atoms with Crippen molar-refractivity contribution in [2.45, 2.75) is 24.2 Å². The molecule has 0 aliphatic carbocycles. The summed E-state index contributed by atoms with van der Waals surface area (Å²) in [5.41, 5.74) is 0.498.